The van der Waals surface area contributed by atoms with Crippen LogP contribution in [-0.4, -0.2) is 33.6 Å². The highest BCUT2D eigenvalue weighted by Crippen LogP contribution is 2.26. The molecular formula is C10H17N3O2S. The third-order valence-corrected chi connectivity index (χ3v) is 3.64. The van der Waals surface area contributed by atoms with Gasteiger partial charge in [0.15, 0.2) is 11.4 Å². The number of hydrogen-bond acceptors (Lipinski definition) is 6. The molecule has 2 heterocycles. The smallest absolute Gasteiger partial charge is 0.260 e. The zero-order chi connectivity index (χ0) is 11.6. The predicted molar refractivity (Wildman–Crippen MR) is 62.1 cm³/mol. The molecule has 6 heteroatoms. The highest BCUT2D eigenvalue weighted by molar-refractivity contribution is 7.99. The molecule has 0 amide bonds. The van der Waals surface area contributed by atoms with Gasteiger partial charge in [0.1, 0.15) is 0 Å². The Labute approximate surface area is 99.0 Å². The van der Waals surface area contributed by atoms with E-state index in [9.17, 15) is 5.11 Å². The van der Waals surface area contributed by atoms with Crippen LogP contribution in [0.3, 0.4) is 0 Å². The largest absolute Gasteiger partial charge is 0.379 e. The van der Waals surface area contributed by atoms with Crippen LogP contribution in [0, 0.1) is 0 Å². The molecule has 1 aromatic heterocycles. The lowest BCUT2D eigenvalue weighted by atomic mass is 10.0. The van der Waals surface area contributed by atoms with Crippen molar-refractivity contribution in [1.82, 2.24) is 15.5 Å². The second kappa shape index (κ2) is 4.73. The number of hydrogen-bond donors (Lipinski definition) is 2. The van der Waals surface area contributed by atoms with Crippen molar-refractivity contribution in [2.75, 3.05) is 13.1 Å². The normalized spacial score (nSPS) is 25.5. The van der Waals surface area contributed by atoms with Crippen LogP contribution < -0.4 is 5.32 Å². The second-order valence-corrected chi connectivity index (χ2v) is 5.90. The van der Waals surface area contributed by atoms with Gasteiger partial charge in [-0.25, -0.2) is 0 Å². The van der Waals surface area contributed by atoms with Gasteiger partial charge in [0.2, 0.25) is 0 Å². The van der Waals surface area contributed by atoms with Gasteiger partial charge in [-0.05, 0) is 18.2 Å². The van der Waals surface area contributed by atoms with Crippen LogP contribution in [0.15, 0.2) is 4.52 Å². The third kappa shape index (κ3) is 2.56. The average molecular weight is 243 g/mol. The maximum atomic E-state index is 10.2. The minimum atomic E-state index is -0.965. The zero-order valence-corrected chi connectivity index (χ0v) is 10.4. The highest BCUT2D eigenvalue weighted by atomic mass is 32.2. The van der Waals surface area contributed by atoms with E-state index in [2.05, 4.69) is 29.3 Å². The van der Waals surface area contributed by atoms with Crippen molar-refractivity contribution in [2.45, 2.75) is 36.9 Å². The van der Waals surface area contributed by atoms with Crippen molar-refractivity contribution in [2.24, 2.45) is 0 Å². The van der Waals surface area contributed by atoms with E-state index in [1.807, 2.05) is 0 Å². The standard InChI is InChI=1S/C10H17N3O2S/c1-7(2)16-5-8-12-9(15-13-8)10(14)3-4-11-6-10/h7,11,14H,3-6H2,1-2H3. The summed E-state index contributed by atoms with van der Waals surface area (Å²) in [4.78, 5) is 4.25. The Hall–Kier alpha value is -0.590. The molecule has 0 saturated carbocycles. The first-order valence-electron chi connectivity index (χ1n) is 5.48. The van der Waals surface area contributed by atoms with Crippen LogP contribution in [0.2, 0.25) is 0 Å². The predicted octanol–water partition coefficient (Wildman–Crippen LogP) is 0.892. The fourth-order valence-electron chi connectivity index (χ4n) is 1.60. The van der Waals surface area contributed by atoms with Crippen LogP contribution in [0.4, 0.5) is 0 Å². The maximum Gasteiger partial charge on any atom is 0.260 e. The van der Waals surface area contributed by atoms with E-state index in [-0.39, 0.29) is 0 Å². The number of rotatable bonds is 4. The van der Waals surface area contributed by atoms with Crippen LogP contribution in [0.25, 0.3) is 0 Å². The van der Waals surface area contributed by atoms with Gasteiger partial charge in [-0.3, -0.25) is 0 Å². The van der Waals surface area contributed by atoms with E-state index < -0.39 is 5.60 Å². The Morgan fingerprint density at radius 1 is 1.62 bits per heavy atom. The highest BCUT2D eigenvalue weighted by Gasteiger charge is 2.38. The molecule has 2 N–H and O–H groups in total. The van der Waals surface area contributed by atoms with E-state index >= 15 is 0 Å². The molecule has 16 heavy (non-hydrogen) atoms. The number of β-amino-alcohol motifs (C(OH)–C–C–N with tert-alkyl or cyclic N) is 1. The first-order chi connectivity index (χ1) is 7.60. The Morgan fingerprint density at radius 2 is 2.44 bits per heavy atom. The molecule has 1 aliphatic rings. The van der Waals surface area contributed by atoms with E-state index in [0.717, 1.165) is 12.3 Å². The topological polar surface area (TPSA) is 71.2 Å². The molecule has 1 unspecified atom stereocenters. The summed E-state index contributed by atoms with van der Waals surface area (Å²) in [6, 6.07) is 0. The molecule has 1 aromatic rings. The van der Waals surface area contributed by atoms with Gasteiger partial charge in [0, 0.05) is 6.54 Å². The summed E-state index contributed by atoms with van der Waals surface area (Å²) in [6.45, 7) is 5.53. The number of aromatic nitrogens is 2. The molecule has 2 rings (SSSR count). The fourth-order valence-corrected chi connectivity index (χ4v) is 2.20. The monoisotopic (exact) mass is 243 g/mol. The molecule has 1 atom stereocenters. The summed E-state index contributed by atoms with van der Waals surface area (Å²) in [7, 11) is 0. The molecule has 1 fully saturated rings. The van der Waals surface area contributed by atoms with Crippen LogP contribution in [0.5, 0.6) is 0 Å². The van der Waals surface area contributed by atoms with Gasteiger partial charge in [-0.2, -0.15) is 16.7 Å². The van der Waals surface area contributed by atoms with Gasteiger partial charge in [-0.1, -0.05) is 19.0 Å². The van der Waals surface area contributed by atoms with Crippen molar-refractivity contribution >= 4 is 11.8 Å². The summed E-state index contributed by atoms with van der Waals surface area (Å²) in [5, 5.41) is 17.7. The molecule has 0 radical (unpaired) electrons. The minimum Gasteiger partial charge on any atom is -0.379 e. The number of thioether (sulfide) groups is 1. The van der Waals surface area contributed by atoms with Crippen LogP contribution >= 0.6 is 11.8 Å². The van der Waals surface area contributed by atoms with Gasteiger partial charge in [0.05, 0.1) is 5.75 Å². The molecule has 90 valence electrons. The summed E-state index contributed by atoms with van der Waals surface area (Å²) < 4.78 is 5.12. The molecule has 0 spiro atoms. The lowest BCUT2D eigenvalue weighted by Crippen LogP contribution is -2.28. The lowest BCUT2D eigenvalue weighted by molar-refractivity contribution is 0.0243. The summed E-state index contributed by atoms with van der Waals surface area (Å²) in [5.41, 5.74) is -0.965. The van der Waals surface area contributed by atoms with Crippen molar-refractivity contribution in [1.29, 1.82) is 0 Å². The average Bonchev–Trinajstić information content (AvgIpc) is 2.84. The van der Waals surface area contributed by atoms with Gasteiger partial charge in [-0.15, -0.1) is 0 Å². The molecule has 0 aromatic carbocycles. The Morgan fingerprint density at radius 3 is 3.06 bits per heavy atom. The summed E-state index contributed by atoms with van der Waals surface area (Å²) in [6.07, 6.45) is 0.631. The maximum absolute atomic E-state index is 10.2. The Bertz CT molecular complexity index is 348. The van der Waals surface area contributed by atoms with E-state index in [1.165, 1.54) is 0 Å². The summed E-state index contributed by atoms with van der Waals surface area (Å²) >= 11 is 1.76. The molecule has 0 bridgehead atoms. The Kier molecular flexibility index (Phi) is 3.51. The van der Waals surface area contributed by atoms with Crippen molar-refractivity contribution in [3.63, 3.8) is 0 Å². The SMILES string of the molecule is CC(C)SCc1noc(C2(O)CCNC2)n1. The van der Waals surface area contributed by atoms with Crippen molar-refractivity contribution in [3.8, 4) is 0 Å². The van der Waals surface area contributed by atoms with Crippen molar-refractivity contribution in [3.05, 3.63) is 11.7 Å². The fraction of sp³-hybridized carbons (Fsp3) is 0.800. The van der Waals surface area contributed by atoms with Gasteiger partial charge < -0.3 is 14.9 Å². The van der Waals surface area contributed by atoms with E-state index in [1.54, 1.807) is 11.8 Å². The Balaban J connectivity index is 2.01. The molecular weight excluding hydrogens is 226 g/mol. The van der Waals surface area contributed by atoms with Gasteiger partial charge >= 0.3 is 0 Å². The quantitative estimate of drug-likeness (QED) is 0.818. The van der Waals surface area contributed by atoms with Crippen LogP contribution in [-0.2, 0) is 11.4 Å². The first-order valence-corrected chi connectivity index (χ1v) is 6.53. The third-order valence-electron chi connectivity index (χ3n) is 2.54. The van der Waals surface area contributed by atoms with E-state index in [0.29, 0.717) is 29.9 Å². The second-order valence-electron chi connectivity index (χ2n) is 4.33. The molecule has 0 aliphatic carbocycles. The minimum absolute atomic E-state index is 0.344. The zero-order valence-electron chi connectivity index (χ0n) is 9.56. The summed E-state index contributed by atoms with van der Waals surface area (Å²) in [5.74, 6) is 1.73. The lowest BCUT2D eigenvalue weighted by Gasteiger charge is -2.14. The van der Waals surface area contributed by atoms with Gasteiger partial charge in [0.25, 0.3) is 5.89 Å². The van der Waals surface area contributed by atoms with Crippen LogP contribution in [0.1, 0.15) is 32.0 Å². The van der Waals surface area contributed by atoms with Crippen molar-refractivity contribution < 1.29 is 9.63 Å². The number of nitrogens with one attached hydrogen (secondary N) is 1. The van der Waals surface area contributed by atoms with E-state index in [4.69, 9.17) is 4.52 Å². The number of nitrogens with zero attached hydrogens (tertiary/aromatic N) is 2. The first kappa shape index (κ1) is 11.9. The number of aliphatic hydroxyl groups is 1. The molecule has 1 saturated heterocycles. The molecule has 1 aliphatic heterocycles. The molecule has 5 nitrogen and oxygen atoms in total.